The number of carbonyl (C=O) groups is 1. The fraction of sp³-hybridized carbons (Fsp3) is 0.188. The molecule has 3 nitrogen and oxygen atoms in total. The summed E-state index contributed by atoms with van der Waals surface area (Å²) in [5.74, 6) is -1.93. The number of hydrogen-bond donors (Lipinski definition) is 1. The number of nitrogens with zero attached hydrogens (tertiary/aromatic N) is 1. The molecule has 0 fully saturated rings. The lowest BCUT2D eigenvalue weighted by atomic mass is 10.0. The smallest absolute Gasteiger partial charge is 0.479 e. The standard InChI is InChI=1S/C16H11F6NO2/c17-15(18,19)11-6-4-5-10(9-11)13(14(24)25)23(16(20,21)22)12-7-2-1-3-8-12/h1-9,13H,(H,24,25). The number of hydrogen-bond acceptors (Lipinski definition) is 2. The van der Waals surface area contributed by atoms with E-state index in [9.17, 15) is 36.2 Å². The summed E-state index contributed by atoms with van der Waals surface area (Å²) in [7, 11) is 0. The average Bonchev–Trinajstić information content (AvgIpc) is 2.51. The van der Waals surface area contributed by atoms with Crippen molar-refractivity contribution in [1.29, 1.82) is 0 Å². The van der Waals surface area contributed by atoms with Crippen LogP contribution in [0.2, 0.25) is 0 Å². The van der Waals surface area contributed by atoms with Crippen molar-refractivity contribution < 1.29 is 36.2 Å². The van der Waals surface area contributed by atoms with Gasteiger partial charge in [-0.25, -0.2) is 4.79 Å². The fourth-order valence-electron chi connectivity index (χ4n) is 2.32. The second-order valence-corrected chi connectivity index (χ2v) is 5.04. The largest absolute Gasteiger partial charge is 0.485 e. The molecule has 0 bridgehead atoms. The maximum Gasteiger partial charge on any atom is 0.485 e. The number of carboxylic acids is 1. The van der Waals surface area contributed by atoms with Gasteiger partial charge in [0.1, 0.15) is 0 Å². The molecule has 1 atom stereocenters. The molecular formula is C16H11F6NO2. The monoisotopic (exact) mass is 363 g/mol. The molecule has 134 valence electrons. The second-order valence-electron chi connectivity index (χ2n) is 5.04. The normalized spacial score (nSPS) is 13.4. The molecule has 2 aromatic carbocycles. The van der Waals surface area contributed by atoms with E-state index < -0.39 is 41.3 Å². The van der Waals surface area contributed by atoms with Crippen LogP contribution in [0.15, 0.2) is 54.6 Å². The van der Waals surface area contributed by atoms with E-state index in [4.69, 9.17) is 0 Å². The van der Waals surface area contributed by atoms with Gasteiger partial charge in [0.25, 0.3) is 0 Å². The minimum absolute atomic E-state index is 0.384. The van der Waals surface area contributed by atoms with Crippen molar-refractivity contribution in [3.63, 3.8) is 0 Å². The van der Waals surface area contributed by atoms with Gasteiger partial charge in [0.15, 0.2) is 6.04 Å². The highest BCUT2D eigenvalue weighted by atomic mass is 19.4. The van der Waals surface area contributed by atoms with Gasteiger partial charge in [-0.15, -0.1) is 0 Å². The lowest BCUT2D eigenvalue weighted by molar-refractivity contribution is -0.155. The van der Waals surface area contributed by atoms with Crippen molar-refractivity contribution in [2.75, 3.05) is 4.90 Å². The van der Waals surface area contributed by atoms with E-state index in [-0.39, 0.29) is 4.90 Å². The van der Waals surface area contributed by atoms with E-state index in [1.54, 1.807) is 0 Å². The highest BCUT2D eigenvalue weighted by Gasteiger charge is 2.46. The zero-order chi connectivity index (χ0) is 18.8. The number of benzene rings is 2. The summed E-state index contributed by atoms with van der Waals surface area (Å²) in [6.07, 6.45) is -9.94. The Hall–Kier alpha value is -2.71. The van der Waals surface area contributed by atoms with Gasteiger partial charge in [-0.2, -0.15) is 26.3 Å². The van der Waals surface area contributed by atoms with Crippen LogP contribution in [-0.2, 0) is 11.0 Å². The van der Waals surface area contributed by atoms with Gasteiger partial charge in [0, 0.05) is 5.69 Å². The van der Waals surface area contributed by atoms with Crippen molar-refractivity contribution in [3.05, 3.63) is 65.7 Å². The van der Waals surface area contributed by atoms with Crippen LogP contribution >= 0.6 is 0 Å². The molecule has 0 aliphatic carbocycles. The van der Waals surface area contributed by atoms with Crippen LogP contribution in [0, 0.1) is 0 Å². The summed E-state index contributed by atoms with van der Waals surface area (Å²) in [6, 6.07) is 6.47. The topological polar surface area (TPSA) is 40.5 Å². The first-order valence-corrected chi connectivity index (χ1v) is 6.83. The maximum absolute atomic E-state index is 13.5. The van der Waals surface area contributed by atoms with Gasteiger partial charge >= 0.3 is 18.4 Å². The highest BCUT2D eigenvalue weighted by Crippen LogP contribution is 2.39. The second kappa shape index (κ2) is 6.66. The van der Waals surface area contributed by atoms with Crippen LogP contribution in [0.5, 0.6) is 0 Å². The first-order chi connectivity index (χ1) is 11.5. The summed E-state index contributed by atoms with van der Waals surface area (Å²) in [6.45, 7) is 0. The van der Waals surface area contributed by atoms with Gasteiger partial charge in [-0.3, -0.25) is 4.90 Å². The molecule has 25 heavy (non-hydrogen) atoms. The number of halogens is 6. The predicted molar refractivity (Wildman–Crippen MR) is 76.8 cm³/mol. The van der Waals surface area contributed by atoms with E-state index in [2.05, 4.69) is 0 Å². The predicted octanol–water partition coefficient (Wildman–Crippen LogP) is 4.86. The number of carboxylic acid groups (broad SMARTS) is 1. The molecule has 0 heterocycles. The van der Waals surface area contributed by atoms with E-state index in [1.807, 2.05) is 0 Å². The molecule has 0 radical (unpaired) electrons. The molecule has 0 aliphatic rings. The summed E-state index contributed by atoms with van der Waals surface area (Å²) in [4.78, 5) is 11.1. The number of alkyl halides is 6. The minimum Gasteiger partial charge on any atom is -0.479 e. The SMILES string of the molecule is O=C(O)C(c1cccc(C(F)(F)F)c1)N(c1ccccc1)C(F)(F)F. The third kappa shape index (κ3) is 4.23. The summed E-state index contributed by atoms with van der Waals surface area (Å²) in [5, 5.41) is 9.29. The Kier molecular flexibility index (Phi) is 4.96. The molecule has 0 saturated heterocycles. The van der Waals surface area contributed by atoms with Crippen molar-refractivity contribution in [1.82, 2.24) is 0 Å². The van der Waals surface area contributed by atoms with Crippen LogP contribution in [0.1, 0.15) is 17.2 Å². The number of anilines is 1. The highest BCUT2D eigenvalue weighted by molar-refractivity contribution is 5.80. The van der Waals surface area contributed by atoms with Crippen LogP contribution < -0.4 is 4.90 Å². The quantitative estimate of drug-likeness (QED) is 0.623. The third-order valence-corrected chi connectivity index (χ3v) is 3.33. The first kappa shape index (κ1) is 18.6. The Morgan fingerprint density at radius 1 is 0.920 bits per heavy atom. The fourth-order valence-corrected chi connectivity index (χ4v) is 2.32. The Morgan fingerprint density at radius 2 is 1.52 bits per heavy atom. The molecule has 0 spiro atoms. The van der Waals surface area contributed by atoms with E-state index >= 15 is 0 Å². The lowest BCUT2D eigenvalue weighted by Crippen LogP contribution is -2.44. The zero-order valence-corrected chi connectivity index (χ0v) is 12.3. The number of rotatable bonds is 4. The van der Waals surface area contributed by atoms with Crippen molar-refractivity contribution in [3.8, 4) is 0 Å². The number of para-hydroxylation sites is 1. The molecule has 0 aliphatic heterocycles. The van der Waals surface area contributed by atoms with Crippen LogP contribution in [0.3, 0.4) is 0 Å². The van der Waals surface area contributed by atoms with Crippen molar-refractivity contribution in [2.45, 2.75) is 18.5 Å². The molecule has 0 saturated carbocycles. The van der Waals surface area contributed by atoms with Gasteiger partial charge in [-0.1, -0.05) is 30.3 Å². The molecule has 9 heteroatoms. The van der Waals surface area contributed by atoms with Crippen LogP contribution in [0.25, 0.3) is 0 Å². The number of aliphatic carboxylic acids is 1. The van der Waals surface area contributed by atoms with E-state index in [0.29, 0.717) is 12.1 Å². The first-order valence-electron chi connectivity index (χ1n) is 6.83. The van der Waals surface area contributed by atoms with Gasteiger partial charge in [0.2, 0.25) is 0 Å². The van der Waals surface area contributed by atoms with Gasteiger partial charge in [-0.05, 0) is 29.8 Å². The molecule has 2 rings (SSSR count). The lowest BCUT2D eigenvalue weighted by Gasteiger charge is -2.32. The van der Waals surface area contributed by atoms with Crippen molar-refractivity contribution >= 4 is 11.7 Å². The minimum atomic E-state index is -5.13. The Morgan fingerprint density at radius 3 is 2.00 bits per heavy atom. The third-order valence-electron chi connectivity index (χ3n) is 3.33. The molecule has 1 unspecified atom stereocenters. The molecule has 2 aromatic rings. The summed E-state index contributed by atoms with van der Waals surface area (Å²) < 4.78 is 78.9. The van der Waals surface area contributed by atoms with Gasteiger partial charge in [0.05, 0.1) is 5.56 Å². The zero-order valence-electron chi connectivity index (χ0n) is 12.3. The summed E-state index contributed by atoms with van der Waals surface area (Å²) in [5.41, 5.74) is -2.37. The average molecular weight is 363 g/mol. The molecular weight excluding hydrogens is 352 g/mol. The Bertz CT molecular complexity index is 742. The van der Waals surface area contributed by atoms with E-state index in [1.165, 1.54) is 18.2 Å². The van der Waals surface area contributed by atoms with Crippen LogP contribution in [-0.4, -0.2) is 17.4 Å². The molecule has 0 aromatic heterocycles. The molecule has 0 amide bonds. The summed E-state index contributed by atoms with van der Waals surface area (Å²) >= 11 is 0. The molecule has 1 N–H and O–H groups in total. The van der Waals surface area contributed by atoms with Crippen LogP contribution in [0.4, 0.5) is 32.0 Å². The Balaban J connectivity index is 2.61. The maximum atomic E-state index is 13.5. The van der Waals surface area contributed by atoms with Gasteiger partial charge < -0.3 is 5.11 Å². The Labute approximate surface area is 138 Å². The van der Waals surface area contributed by atoms with E-state index in [0.717, 1.165) is 24.3 Å². The van der Waals surface area contributed by atoms with Crippen molar-refractivity contribution in [2.24, 2.45) is 0 Å².